The molecule has 0 aromatic heterocycles. The molecule has 0 unspecified atom stereocenters. The van der Waals surface area contributed by atoms with Crippen molar-refractivity contribution < 1.29 is 37.0 Å². The number of hydrogen-bond donors (Lipinski definition) is 2. The van der Waals surface area contributed by atoms with Crippen molar-refractivity contribution in [1.29, 1.82) is 0 Å². The second-order valence-corrected chi connectivity index (χ2v) is 7.30. The highest BCUT2D eigenvalue weighted by Crippen LogP contribution is 2.22. The molecule has 1 atom stereocenters. The van der Waals surface area contributed by atoms with Gasteiger partial charge in [0.2, 0.25) is 10.0 Å². The summed E-state index contributed by atoms with van der Waals surface area (Å²) in [5.41, 5.74) is -0.180. The summed E-state index contributed by atoms with van der Waals surface area (Å²) in [7, 11) is -3.06. The highest BCUT2D eigenvalue weighted by molar-refractivity contribution is 7.89. The molecule has 0 bridgehead atoms. The molecule has 0 spiro atoms. The average molecular weight is 390 g/mol. The fraction of sp³-hybridized carbons (Fsp3) is 0.467. The number of nitrogens with one attached hydrogen (secondary N) is 1. The van der Waals surface area contributed by atoms with Gasteiger partial charge in [0.1, 0.15) is 10.7 Å². The molecule has 1 aliphatic rings. The van der Waals surface area contributed by atoms with E-state index in [1.807, 2.05) is 0 Å². The number of aliphatic hydroxyl groups excluding tert-OH is 1. The van der Waals surface area contributed by atoms with Crippen LogP contribution in [0.3, 0.4) is 0 Å². The third-order valence-corrected chi connectivity index (χ3v) is 5.67. The van der Waals surface area contributed by atoms with Crippen LogP contribution in [0.25, 0.3) is 0 Å². The van der Waals surface area contributed by atoms with Gasteiger partial charge in [-0.15, -0.1) is 0 Å². The number of sulfonamides is 1. The van der Waals surface area contributed by atoms with E-state index in [1.165, 1.54) is 0 Å². The molecular weight excluding hydrogens is 371 g/mol. The van der Waals surface area contributed by atoms with E-state index < -0.39 is 45.3 Å². The topological polar surface area (TPSA) is 122 Å². The average Bonchev–Trinajstić information content (AvgIpc) is 2.66. The van der Waals surface area contributed by atoms with Crippen LogP contribution < -0.4 is 5.32 Å². The molecule has 2 N–H and O–H groups in total. The number of nitrogens with zero attached hydrogens (tertiary/aromatic N) is 1. The molecule has 1 aromatic carbocycles. The van der Waals surface area contributed by atoms with Crippen molar-refractivity contribution in [2.75, 3.05) is 40.0 Å². The number of carbonyl (C=O) groups is 2. The summed E-state index contributed by atoms with van der Waals surface area (Å²) in [4.78, 5) is 23.0. The summed E-state index contributed by atoms with van der Waals surface area (Å²) in [6, 6.07) is 1.50. The lowest BCUT2D eigenvalue weighted by Crippen LogP contribution is -2.44. The zero-order chi connectivity index (χ0) is 19.3. The minimum absolute atomic E-state index is 0.0765. The van der Waals surface area contributed by atoms with Crippen LogP contribution in [0.2, 0.25) is 0 Å². The molecule has 1 heterocycles. The van der Waals surface area contributed by atoms with E-state index in [2.05, 4.69) is 10.1 Å². The summed E-state index contributed by atoms with van der Waals surface area (Å²) >= 11 is 0. The van der Waals surface area contributed by atoms with E-state index in [0.717, 1.165) is 29.6 Å². The summed E-state index contributed by atoms with van der Waals surface area (Å²) in [6.45, 7) is -0.171. The molecule has 144 valence electrons. The summed E-state index contributed by atoms with van der Waals surface area (Å²) in [5, 5.41) is 11.3. The zero-order valence-corrected chi connectivity index (χ0v) is 14.8. The Morgan fingerprint density at radius 1 is 1.38 bits per heavy atom. The molecule has 11 heteroatoms. The number of methoxy groups -OCH3 is 1. The van der Waals surface area contributed by atoms with Crippen LogP contribution in [-0.2, 0) is 24.3 Å². The van der Waals surface area contributed by atoms with Crippen molar-refractivity contribution in [3.63, 3.8) is 0 Å². The van der Waals surface area contributed by atoms with Gasteiger partial charge in [-0.3, -0.25) is 4.79 Å². The SMILES string of the molecule is COC(=O)[C@H](CO)NC(=O)c1ccc(F)c(S(=O)(=O)N2CCOCC2)c1. The Labute approximate surface area is 149 Å². The van der Waals surface area contributed by atoms with Crippen LogP contribution in [0.1, 0.15) is 10.4 Å². The Morgan fingerprint density at radius 2 is 2.04 bits per heavy atom. The first-order valence-electron chi connectivity index (χ1n) is 7.68. The number of benzene rings is 1. The van der Waals surface area contributed by atoms with Gasteiger partial charge in [0, 0.05) is 18.7 Å². The van der Waals surface area contributed by atoms with Gasteiger partial charge in [-0.05, 0) is 18.2 Å². The molecule has 1 amide bonds. The third kappa shape index (κ3) is 4.36. The van der Waals surface area contributed by atoms with Crippen LogP contribution in [-0.4, -0.2) is 75.8 Å². The second kappa shape index (κ2) is 8.54. The Hall–Kier alpha value is -2.08. The van der Waals surface area contributed by atoms with Crippen molar-refractivity contribution in [2.24, 2.45) is 0 Å². The Kier molecular flexibility index (Phi) is 6.64. The van der Waals surface area contributed by atoms with E-state index in [9.17, 15) is 22.4 Å². The standard InChI is InChI=1S/C15H19FN2O7S/c1-24-15(21)12(9-19)17-14(20)10-2-3-11(16)13(8-10)26(22,23)18-4-6-25-7-5-18/h2-3,8,12,19H,4-7,9H2,1H3,(H,17,20)/t12-/m0/s1. The van der Waals surface area contributed by atoms with Crippen LogP contribution in [0, 0.1) is 5.82 Å². The number of hydrogen-bond acceptors (Lipinski definition) is 7. The molecule has 26 heavy (non-hydrogen) atoms. The maximum Gasteiger partial charge on any atom is 0.330 e. The number of carbonyl (C=O) groups excluding carboxylic acids is 2. The van der Waals surface area contributed by atoms with Gasteiger partial charge >= 0.3 is 5.97 Å². The monoisotopic (exact) mass is 390 g/mol. The van der Waals surface area contributed by atoms with Gasteiger partial charge in [-0.25, -0.2) is 17.6 Å². The lowest BCUT2D eigenvalue weighted by Gasteiger charge is -2.26. The van der Waals surface area contributed by atoms with E-state index >= 15 is 0 Å². The molecule has 1 fully saturated rings. The maximum atomic E-state index is 14.1. The van der Waals surface area contributed by atoms with E-state index in [1.54, 1.807) is 0 Å². The number of halogens is 1. The van der Waals surface area contributed by atoms with Gasteiger partial charge < -0.3 is 19.9 Å². The van der Waals surface area contributed by atoms with Crippen molar-refractivity contribution in [3.05, 3.63) is 29.6 Å². The van der Waals surface area contributed by atoms with Gasteiger partial charge in [0.25, 0.3) is 5.91 Å². The van der Waals surface area contributed by atoms with Crippen molar-refractivity contribution >= 4 is 21.9 Å². The minimum atomic E-state index is -4.15. The maximum absolute atomic E-state index is 14.1. The fourth-order valence-electron chi connectivity index (χ4n) is 2.33. The highest BCUT2D eigenvalue weighted by atomic mass is 32.2. The first-order chi connectivity index (χ1) is 12.3. The molecule has 9 nitrogen and oxygen atoms in total. The summed E-state index contributed by atoms with van der Waals surface area (Å²) in [6.07, 6.45) is 0. The van der Waals surface area contributed by atoms with Gasteiger partial charge in [0.15, 0.2) is 6.04 Å². The Bertz CT molecular complexity index is 778. The molecular formula is C15H19FN2O7S. The van der Waals surface area contributed by atoms with Crippen molar-refractivity contribution in [1.82, 2.24) is 9.62 Å². The van der Waals surface area contributed by atoms with Gasteiger partial charge in [-0.2, -0.15) is 4.31 Å². The second-order valence-electron chi connectivity index (χ2n) is 5.39. The Balaban J connectivity index is 2.28. The number of esters is 1. The summed E-state index contributed by atoms with van der Waals surface area (Å²) in [5.74, 6) is -2.73. The van der Waals surface area contributed by atoms with Crippen LogP contribution in [0.4, 0.5) is 4.39 Å². The number of amides is 1. The zero-order valence-electron chi connectivity index (χ0n) is 14.0. The van der Waals surface area contributed by atoms with E-state index in [-0.39, 0.29) is 31.9 Å². The normalized spacial score (nSPS) is 16.7. The van der Waals surface area contributed by atoms with Crippen LogP contribution in [0.15, 0.2) is 23.1 Å². The van der Waals surface area contributed by atoms with E-state index in [4.69, 9.17) is 9.84 Å². The molecule has 1 aromatic rings. The number of rotatable bonds is 6. The predicted molar refractivity (Wildman–Crippen MR) is 86.3 cm³/mol. The first kappa shape index (κ1) is 20.2. The molecule has 0 saturated carbocycles. The summed E-state index contributed by atoms with van der Waals surface area (Å²) < 4.78 is 49.9. The predicted octanol–water partition coefficient (Wildman–Crippen LogP) is -0.890. The smallest absolute Gasteiger partial charge is 0.330 e. The lowest BCUT2D eigenvalue weighted by molar-refractivity contribution is -0.143. The van der Waals surface area contributed by atoms with Crippen molar-refractivity contribution in [3.8, 4) is 0 Å². The Morgan fingerprint density at radius 3 is 2.62 bits per heavy atom. The van der Waals surface area contributed by atoms with Crippen LogP contribution in [0.5, 0.6) is 0 Å². The largest absolute Gasteiger partial charge is 0.467 e. The number of aliphatic hydroxyl groups is 1. The van der Waals surface area contributed by atoms with Crippen molar-refractivity contribution in [2.45, 2.75) is 10.9 Å². The lowest BCUT2D eigenvalue weighted by atomic mass is 10.2. The first-order valence-corrected chi connectivity index (χ1v) is 9.12. The number of ether oxygens (including phenoxy) is 2. The van der Waals surface area contributed by atoms with Gasteiger partial charge in [0.05, 0.1) is 26.9 Å². The molecule has 0 radical (unpaired) electrons. The van der Waals surface area contributed by atoms with Gasteiger partial charge in [-0.1, -0.05) is 0 Å². The highest BCUT2D eigenvalue weighted by Gasteiger charge is 2.30. The molecule has 1 saturated heterocycles. The van der Waals surface area contributed by atoms with Crippen LogP contribution >= 0.6 is 0 Å². The number of morpholine rings is 1. The third-order valence-electron chi connectivity index (χ3n) is 3.75. The quantitative estimate of drug-likeness (QED) is 0.604. The molecule has 2 rings (SSSR count). The van der Waals surface area contributed by atoms with E-state index in [0.29, 0.717) is 0 Å². The molecule has 1 aliphatic heterocycles. The minimum Gasteiger partial charge on any atom is -0.467 e. The fourth-order valence-corrected chi connectivity index (χ4v) is 3.83. The molecule has 0 aliphatic carbocycles.